The van der Waals surface area contributed by atoms with Crippen LogP contribution in [0.1, 0.15) is 87.8 Å². The number of benzene rings is 3. The van der Waals surface area contributed by atoms with E-state index in [1.807, 2.05) is 18.2 Å². The predicted octanol–water partition coefficient (Wildman–Crippen LogP) is 10.5. The standard InChI is InChI=1S/C42H57N5O3/c1-8-12-13-23-46(11-4)41-39(48)28-36(29-40(41)49)44-42(50)33-16-14-17-34(26-33)43-35-18-19-38-37(27-35)31(6)32(7)47(38)24-15-22-45(21-9-2)25-20-30(5)10-3/h11,13-14,16-19,23,26-30,43,48-49H,4,8-10,12,15,20-22,24-25H2,1-3,5-7H3,(H,44,50)/b23-13-. The summed E-state index contributed by atoms with van der Waals surface area (Å²) >= 11 is 0. The second-order valence-corrected chi connectivity index (χ2v) is 13.4. The third-order valence-corrected chi connectivity index (χ3v) is 9.59. The number of phenols is 2. The van der Waals surface area contributed by atoms with E-state index in [1.165, 1.54) is 66.3 Å². The average Bonchev–Trinajstić information content (AvgIpc) is 3.33. The molecule has 4 aromatic rings. The second-order valence-electron chi connectivity index (χ2n) is 13.4. The van der Waals surface area contributed by atoms with Crippen molar-refractivity contribution in [1.29, 1.82) is 0 Å². The number of nitrogens with zero attached hydrogens (tertiary/aromatic N) is 3. The molecule has 8 nitrogen and oxygen atoms in total. The van der Waals surface area contributed by atoms with Crippen LogP contribution in [0.15, 0.2) is 79.7 Å². The van der Waals surface area contributed by atoms with Crippen LogP contribution in [0.25, 0.3) is 10.9 Å². The summed E-state index contributed by atoms with van der Waals surface area (Å²) in [6, 6.07) is 16.6. The number of phenolic OH excluding ortho intramolecular Hbond substituents is 2. The smallest absolute Gasteiger partial charge is 0.255 e. The summed E-state index contributed by atoms with van der Waals surface area (Å²) in [6.07, 6.45) is 11.8. The Hall–Kier alpha value is -4.69. The summed E-state index contributed by atoms with van der Waals surface area (Å²) < 4.78 is 2.46. The fourth-order valence-electron chi connectivity index (χ4n) is 6.36. The van der Waals surface area contributed by atoms with Gasteiger partial charge in [-0.1, -0.05) is 59.3 Å². The van der Waals surface area contributed by atoms with Gasteiger partial charge in [0.05, 0.1) is 0 Å². The molecule has 0 aliphatic rings. The highest BCUT2D eigenvalue weighted by atomic mass is 16.3. The van der Waals surface area contributed by atoms with Crippen LogP contribution < -0.4 is 15.5 Å². The highest BCUT2D eigenvalue weighted by Gasteiger charge is 2.17. The SMILES string of the molecule is C=CN(/C=C\CCC)c1c(O)cc(NC(=O)c2cccc(Nc3ccc4c(c3)c(C)c(C)n4CCCN(CCC)CCC(C)CC)c2)cc1O. The molecule has 1 heterocycles. The first-order valence-electron chi connectivity index (χ1n) is 18.2. The van der Waals surface area contributed by atoms with Gasteiger partial charge in [0.15, 0.2) is 0 Å². The molecular weight excluding hydrogens is 622 g/mol. The number of fused-ring (bicyclic) bond motifs is 1. The minimum Gasteiger partial charge on any atom is -0.506 e. The molecule has 0 fully saturated rings. The van der Waals surface area contributed by atoms with Crippen LogP contribution in [0, 0.1) is 19.8 Å². The third kappa shape index (κ3) is 9.72. The zero-order chi connectivity index (χ0) is 36.2. The predicted molar refractivity (Wildman–Crippen MR) is 211 cm³/mol. The fraction of sp³-hybridized carbons (Fsp3) is 0.405. The monoisotopic (exact) mass is 679 g/mol. The van der Waals surface area contributed by atoms with Crippen LogP contribution in [0.5, 0.6) is 11.5 Å². The number of nitrogens with one attached hydrogen (secondary N) is 2. The number of rotatable bonds is 19. The lowest BCUT2D eigenvalue weighted by atomic mass is 10.1. The van der Waals surface area contributed by atoms with E-state index in [0.29, 0.717) is 5.56 Å². The maximum Gasteiger partial charge on any atom is 0.255 e. The first-order valence-corrected chi connectivity index (χ1v) is 18.2. The van der Waals surface area contributed by atoms with Gasteiger partial charge < -0.3 is 35.2 Å². The Morgan fingerprint density at radius 2 is 1.68 bits per heavy atom. The Labute approximate surface area is 299 Å². The summed E-state index contributed by atoms with van der Waals surface area (Å²) in [5, 5.41) is 28.9. The molecule has 0 spiro atoms. The first-order chi connectivity index (χ1) is 24.1. The van der Waals surface area contributed by atoms with Gasteiger partial charge in [0.25, 0.3) is 5.91 Å². The molecule has 0 aliphatic heterocycles. The normalized spacial score (nSPS) is 12.1. The number of aromatic nitrogens is 1. The second kappa shape index (κ2) is 18.3. The van der Waals surface area contributed by atoms with Crippen molar-refractivity contribution in [3.63, 3.8) is 0 Å². The fourth-order valence-corrected chi connectivity index (χ4v) is 6.36. The van der Waals surface area contributed by atoms with Crippen LogP contribution in [-0.4, -0.2) is 45.2 Å². The Balaban J connectivity index is 1.44. The van der Waals surface area contributed by atoms with Gasteiger partial charge in [0.2, 0.25) is 0 Å². The summed E-state index contributed by atoms with van der Waals surface area (Å²) in [5.41, 5.74) is 6.46. The zero-order valence-electron chi connectivity index (χ0n) is 30.9. The first kappa shape index (κ1) is 38.1. The number of amides is 1. The quantitative estimate of drug-likeness (QED) is 0.0788. The third-order valence-electron chi connectivity index (χ3n) is 9.59. The summed E-state index contributed by atoms with van der Waals surface area (Å²) in [5.74, 6) is 0.0562. The Bertz CT molecular complexity index is 1750. The van der Waals surface area contributed by atoms with E-state index >= 15 is 0 Å². The van der Waals surface area contributed by atoms with Crippen molar-refractivity contribution in [2.24, 2.45) is 5.92 Å². The number of aryl methyl sites for hydroxylation is 2. The van der Waals surface area contributed by atoms with E-state index in [2.05, 4.69) is 86.4 Å². The maximum absolute atomic E-state index is 13.2. The van der Waals surface area contributed by atoms with Gasteiger partial charge in [-0.05, 0) is 107 Å². The Kier molecular flexibility index (Phi) is 14.0. The molecule has 1 aromatic heterocycles. The molecule has 8 heteroatoms. The molecule has 1 unspecified atom stereocenters. The molecule has 4 N–H and O–H groups in total. The Morgan fingerprint density at radius 1 is 0.940 bits per heavy atom. The lowest BCUT2D eigenvalue weighted by Crippen LogP contribution is -2.28. The topological polar surface area (TPSA) is 93.0 Å². The lowest BCUT2D eigenvalue weighted by molar-refractivity contribution is 0.102. The Morgan fingerprint density at radius 3 is 2.36 bits per heavy atom. The van der Waals surface area contributed by atoms with Gasteiger partial charge in [0.1, 0.15) is 17.2 Å². The average molecular weight is 680 g/mol. The molecule has 0 bridgehead atoms. The van der Waals surface area contributed by atoms with E-state index in [9.17, 15) is 15.0 Å². The number of hydrogen-bond donors (Lipinski definition) is 4. The van der Waals surface area contributed by atoms with Crippen molar-refractivity contribution in [3.8, 4) is 11.5 Å². The van der Waals surface area contributed by atoms with Crippen molar-refractivity contribution < 1.29 is 15.0 Å². The van der Waals surface area contributed by atoms with E-state index in [0.717, 1.165) is 56.2 Å². The number of hydrogen-bond acceptors (Lipinski definition) is 6. The van der Waals surface area contributed by atoms with Gasteiger partial charge in [-0.15, -0.1) is 0 Å². The van der Waals surface area contributed by atoms with Gasteiger partial charge in [-0.2, -0.15) is 0 Å². The number of unbranched alkanes of at least 4 members (excludes halogenated alkanes) is 1. The number of allylic oxidation sites excluding steroid dienone is 1. The molecule has 1 atom stereocenters. The molecule has 0 saturated carbocycles. The van der Waals surface area contributed by atoms with E-state index in [-0.39, 0.29) is 28.8 Å². The molecule has 268 valence electrons. The molecule has 1 amide bonds. The maximum atomic E-state index is 13.2. The van der Waals surface area contributed by atoms with Gasteiger partial charge in [-0.25, -0.2) is 0 Å². The van der Waals surface area contributed by atoms with Gasteiger partial charge >= 0.3 is 0 Å². The molecule has 4 rings (SSSR count). The number of carbonyl (C=O) groups is 1. The van der Waals surface area contributed by atoms with Crippen LogP contribution >= 0.6 is 0 Å². The minimum atomic E-state index is -0.361. The van der Waals surface area contributed by atoms with E-state index in [4.69, 9.17) is 0 Å². The highest BCUT2D eigenvalue weighted by Crippen LogP contribution is 2.40. The number of carbonyl (C=O) groups excluding carboxylic acids is 1. The number of anilines is 4. The largest absolute Gasteiger partial charge is 0.506 e. The number of aromatic hydroxyl groups is 2. The van der Waals surface area contributed by atoms with Crippen LogP contribution in [0.4, 0.5) is 22.7 Å². The lowest BCUT2D eigenvalue weighted by Gasteiger charge is -2.23. The molecule has 0 aliphatic carbocycles. The van der Waals surface area contributed by atoms with Crippen molar-refractivity contribution in [2.45, 2.75) is 86.6 Å². The molecule has 0 saturated heterocycles. The van der Waals surface area contributed by atoms with Crippen molar-refractivity contribution in [2.75, 3.05) is 35.2 Å². The van der Waals surface area contributed by atoms with Crippen molar-refractivity contribution in [3.05, 3.63) is 96.5 Å². The summed E-state index contributed by atoms with van der Waals surface area (Å²) in [6.45, 7) is 21.6. The highest BCUT2D eigenvalue weighted by molar-refractivity contribution is 6.05. The van der Waals surface area contributed by atoms with Gasteiger partial charge in [-0.3, -0.25) is 4.79 Å². The molecule has 50 heavy (non-hydrogen) atoms. The van der Waals surface area contributed by atoms with Crippen LogP contribution in [0.2, 0.25) is 0 Å². The minimum absolute atomic E-state index is 0.179. The zero-order valence-corrected chi connectivity index (χ0v) is 30.9. The summed E-state index contributed by atoms with van der Waals surface area (Å²) in [7, 11) is 0. The van der Waals surface area contributed by atoms with Crippen molar-refractivity contribution in [1.82, 2.24) is 9.47 Å². The van der Waals surface area contributed by atoms with E-state index in [1.54, 1.807) is 23.2 Å². The molecule has 3 aromatic carbocycles. The van der Waals surface area contributed by atoms with E-state index < -0.39 is 0 Å². The molecular formula is C42H57N5O3. The molecule has 0 radical (unpaired) electrons. The van der Waals surface area contributed by atoms with Crippen LogP contribution in [0.3, 0.4) is 0 Å². The summed E-state index contributed by atoms with van der Waals surface area (Å²) in [4.78, 5) is 17.4. The van der Waals surface area contributed by atoms with Gasteiger partial charge in [0, 0.05) is 70.3 Å². The van der Waals surface area contributed by atoms with Crippen molar-refractivity contribution >= 4 is 39.6 Å². The van der Waals surface area contributed by atoms with Crippen LogP contribution in [-0.2, 0) is 6.54 Å².